The van der Waals surface area contributed by atoms with E-state index < -0.39 is 5.91 Å². The molecule has 26 heavy (non-hydrogen) atoms. The van der Waals surface area contributed by atoms with Crippen LogP contribution in [0.2, 0.25) is 0 Å². The molecule has 0 unspecified atom stereocenters. The average Bonchev–Trinajstić information content (AvgIpc) is 2.68. The lowest BCUT2D eigenvalue weighted by Crippen LogP contribution is -2.15. The minimum Gasteiger partial charge on any atom is -0.496 e. The van der Waals surface area contributed by atoms with Gasteiger partial charge in [-0.05, 0) is 41.5 Å². The molecule has 0 aromatic heterocycles. The number of rotatable bonds is 5. The Hall–Kier alpha value is -3.60. The second-order valence-corrected chi connectivity index (χ2v) is 5.68. The molecule has 0 bridgehead atoms. The fourth-order valence-electron chi connectivity index (χ4n) is 2.63. The number of benzene rings is 3. The largest absolute Gasteiger partial charge is 0.496 e. The Morgan fingerprint density at radius 3 is 2.15 bits per heavy atom. The molecule has 2 amide bonds. The Bertz CT molecular complexity index is 935. The molecule has 0 heterocycles. The maximum atomic E-state index is 12.4. The molecule has 0 saturated heterocycles. The molecule has 3 rings (SSSR count). The highest BCUT2D eigenvalue weighted by atomic mass is 16.5. The first-order valence-corrected chi connectivity index (χ1v) is 8.03. The number of carbonyl (C=O) groups excluding carboxylic acids is 2. The van der Waals surface area contributed by atoms with Gasteiger partial charge >= 0.3 is 0 Å². The van der Waals surface area contributed by atoms with Crippen molar-refractivity contribution in [2.45, 2.75) is 0 Å². The molecule has 0 spiro atoms. The molecule has 5 nitrogen and oxygen atoms in total. The van der Waals surface area contributed by atoms with E-state index in [1.54, 1.807) is 24.3 Å². The third-order valence-corrected chi connectivity index (χ3v) is 3.98. The van der Waals surface area contributed by atoms with Crippen molar-refractivity contribution < 1.29 is 14.3 Å². The number of anilines is 1. The number of amides is 2. The lowest BCUT2D eigenvalue weighted by atomic mass is 10.0. The predicted octanol–water partition coefficient (Wildman–Crippen LogP) is 3.71. The number of hydrogen-bond donors (Lipinski definition) is 2. The van der Waals surface area contributed by atoms with Crippen molar-refractivity contribution in [1.29, 1.82) is 0 Å². The lowest BCUT2D eigenvalue weighted by molar-refractivity contribution is 0.0993. The summed E-state index contributed by atoms with van der Waals surface area (Å²) < 4.78 is 5.09. The predicted molar refractivity (Wildman–Crippen MR) is 101 cm³/mol. The fraction of sp³-hybridized carbons (Fsp3) is 0.0476. The molecule has 3 aromatic rings. The van der Waals surface area contributed by atoms with Gasteiger partial charge in [0.25, 0.3) is 11.8 Å². The smallest absolute Gasteiger partial charge is 0.255 e. The van der Waals surface area contributed by atoms with Crippen molar-refractivity contribution in [1.82, 2.24) is 0 Å². The Kier molecular flexibility index (Phi) is 4.99. The van der Waals surface area contributed by atoms with E-state index in [2.05, 4.69) is 5.32 Å². The molecule has 3 N–H and O–H groups in total. The van der Waals surface area contributed by atoms with Gasteiger partial charge in [-0.3, -0.25) is 9.59 Å². The zero-order chi connectivity index (χ0) is 18.5. The Labute approximate surface area is 151 Å². The number of hydrogen-bond acceptors (Lipinski definition) is 3. The highest BCUT2D eigenvalue weighted by molar-refractivity contribution is 6.05. The lowest BCUT2D eigenvalue weighted by Gasteiger charge is -2.10. The summed E-state index contributed by atoms with van der Waals surface area (Å²) in [5, 5.41) is 2.76. The first kappa shape index (κ1) is 17.2. The van der Waals surface area contributed by atoms with Crippen molar-refractivity contribution in [2.75, 3.05) is 12.4 Å². The molecule has 130 valence electrons. The molecular weight excluding hydrogens is 328 g/mol. The second kappa shape index (κ2) is 7.53. The zero-order valence-electron chi connectivity index (χ0n) is 14.2. The Morgan fingerprint density at radius 2 is 1.54 bits per heavy atom. The van der Waals surface area contributed by atoms with Crippen molar-refractivity contribution in [2.24, 2.45) is 5.73 Å². The number of ether oxygens (including phenoxy) is 1. The highest BCUT2D eigenvalue weighted by Gasteiger charge is 2.12. The van der Waals surface area contributed by atoms with Crippen molar-refractivity contribution in [3.63, 3.8) is 0 Å². The highest BCUT2D eigenvalue weighted by Crippen LogP contribution is 2.23. The molecular formula is C21H18N2O3. The molecule has 0 atom stereocenters. The van der Waals surface area contributed by atoms with Gasteiger partial charge in [-0.15, -0.1) is 0 Å². The van der Waals surface area contributed by atoms with Crippen LogP contribution in [0.4, 0.5) is 5.69 Å². The van der Waals surface area contributed by atoms with Gasteiger partial charge in [-0.25, -0.2) is 0 Å². The molecule has 0 aliphatic rings. The van der Waals surface area contributed by atoms with Crippen LogP contribution in [-0.2, 0) is 0 Å². The van der Waals surface area contributed by atoms with Crippen LogP contribution in [0.1, 0.15) is 20.7 Å². The third kappa shape index (κ3) is 3.72. The third-order valence-electron chi connectivity index (χ3n) is 3.98. The van der Waals surface area contributed by atoms with Crippen molar-refractivity contribution in [3.8, 4) is 16.9 Å². The van der Waals surface area contributed by atoms with E-state index in [9.17, 15) is 9.59 Å². The molecule has 5 heteroatoms. The van der Waals surface area contributed by atoms with E-state index in [0.717, 1.165) is 11.1 Å². The molecule has 0 radical (unpaired) electrons. The van der Waals surface area contributed by atoms with E-state index >= 15 is 0 Å². The van der Waals surface area contributed by atoms with Gasteiger partial charge in [0.05, 0.1) is 12.7 Å². The number of methoxy groups -OCH3 is 1. The van der Waals surface area contributed by atoms with Gasteiger partial charge in [0.1, 0.15) is 5.75 Å². The van der Waals surface area contributed by atoms with Gasteiger partial charge in [0.2, 0.25) is 0 Å². The Morgan fingerprint density at radius 1 is 0.885 bits per heavy atom. The quantitative estimate of drug-likeness (QED) is 0.739. The standard InChI is InChI=1S/C21H18N2O3/c1-26-19-12-11-17(13-18(19)20(22)24)23-21(25)16-9-7-15(8-10-16)14-5-3-2-4-6-14/h2-13H,1H3,(H2,22,24)(H,23,25). The molecule has 0 saturated carbocycles. The summed E-state index contributed by atoms with van der Waals surface area (Å²) in [5.74, 6) is -0.530. The summed E-state index contributed by atoms with van der Waals surface area (Å²) in [5.41, 5.74) is 8.65. The van der Waals surface area contributed by atoms with Crippen LogP contribution < -0.4 is 15.8 Å². The first-order valence-electron chi connectivity index (χ1n) is 8.03. The van der Waals surface area contributed by atoms with E-state index in [1.807, 2.05) is 42.5 Å². The van der Waals surface area contributed by atoms with E-state index in [4.69, 9.17) is 10.5 Å². The second-order valence-electron chi connectivity index (χ2n) is 5.68. The number of carbonyl (C=O) groups is 2. The fourth-order valence-corrected chi connectivity index (χ4v) is 2.63. The summed E-state index contributed by atoms with van der Waals surface area (Å²) >= 11 is 0. The summed E-state index contributed by atoms with van der Waals surface area (Å²) in [4.78, 5) is 23.9. The summed E-state index contributed by atoms with van der Waals surface area (Å²) in [6.45, 7) is 0. The number of primary amides is 1. The van der Waals surface area contributed by atoms with Crippen molar-refractivity contribution >= 4 is 17.5 Å². The molecule has 0 aliphatic heterocycles. The summed E-state index contributed by atoms with van der Waals surface area (Å²) in [7, 11) is 1.45. The van der Waals surface area contributed by atoms with E-state index in [1.165, 1.54) is 13.2 Å². The molecule has 0 fully saturated rings. The maximum absolute atomic E-state index is 12.4. The SMILES string of the molecule is COc1ccc(NC(=O)c2ccc(-c3ccccc3)cc2)cc1C(N)=O. The van der Waals surface area contributed by atoms with E-state index in [0.29, 0.717) is 17.0 Å². The number of nitrogens with one attached hydrogen (secondary N) is 1. The molecule has 0 aliphatic carbocycles. The topological polar surface area (TPSA) is 81.4 Å². The zero-order valence-corrected chi connectivity index (χ0v) is 14.2. The monoisotopic (exact) mass is 346 g/mol. The average molecular weight is 346 g/mol. The van der Waals surface area contributed by atoms with Crippen LogP contribution in [-0.4, -0.2) is 18.9 Å². The van der Waals surface area contributed by atoms with Gasteiger partial charge < -0.3 is 15.8 Å². The molecule has 3 aromatic carbocycles. The summed E-state index contributed by atoms with van der Waals surface area (Å²) in [6.07, 6.45) is 0. The van der Waals surface area contributed by atoms with Crippen LogP contribution in [0.3, 0.4) is 0 Å². The van der Waals surface area contributed by atoms with Crippen LogP contribution in [0.25, 0.3) is 11.1 Å². The Balaban J connectivity index is 1.78. The van der Waals surface area contributed by atoms with Gasteiger partial charge in [-0.2, -0.15) is 0 Å². The maximum Gasteiger partial charge on any atom is 0.255 e. The van der Waals surface area contributed by atoms with Crippen LogP contribution in [0.5, 0.6) is 5.75 Å². The van der Waals surface area contributed by atoms with Crippen molar-refractivity contribution in [3.05, 3.63) is 83.9 Å². The minimum atomic E-state index is -0.620. The number of nitrogens with two attached hydrogens (primary N) is 1. The summed E-state index contributed by atoms with van der Waals surface area (Å²) in [6, 6.07) is 22.0. The van der Waals surface area contributed by atoms with Gasteiger partial charge in [0.15, 0.2) is 0 Å². The van der Waals surface area contributed by atoms with Crippen LogP contribution >= 0.6 is 0 Å². The normalized spacial score (nSPS) is 10.2. The van der Waals surface area contributed by atoms with Crippen LogP contribution in [0, 0.1) is 0 Å². The van der Waals surface area contributed by atoms with Gasteiger partial charge in [-0.1, -0.05) is 42.5 Å². The minimum absolute atomic E-state index is 0.213. The van der Waals surface area contributed by atoms with Crippen LogP contribution in [0.15, 0.2) is 72.8 Å². The van der Waals surface area contributed by atoms with Gasteiger partial charge in [0, 0.05) is 11.3 Å². The van der Waals surface area contributed by atoms with E-state index in [-0.39, 0.29) is 11.5 Å². The first-order chi connectivity index (χ1) is 12.6.